The molecule has 2 aliphatic rings. The lowest BCUT2D eigenvalue weighted by Crippen LogP contribution is -1.87. The molecule has 2 aliphatic carbocycles. The van der Waals surface area contributed by atoms with Crippen molar-refractivity contribution in [1.82, 2.24) is 4.57 Å². The van der Waals surface area contributed by atoms with Crippen LogP contribution in [-0.2, 0) is 7.05 Å². The van der Waals surface area contributed by atoms with Gasteiger partial charge in [0.05, 0.1) is 0 Å². The molecule has 5 rings (SSSR count). The summed E-state index contributed by atoms with van der Waals surface area (Å²) in [6.45, 7) is 4.46. The minimum Gasteiger partial charge on any atom is -0.350 e. The Hall–Kier alpha value is -2.54. The smallest absolute Gasteiger partial charge is 0.0484 e. The second-order valence-corrected chi connectivity index (χ2v) is 6.76. The first-order valence-corrected chi connectivity index (χ1v) is 8.33. The fourth-order valence-electron chi connectivity index (χ4n) is 4.06. The van der Waals surface area contributed by atoms with Crippen LogP contribution in [-0.4, -0.2) is 4.57 Å². The molecule has 112 valence electrons. The molecule has 0 unspecified atom stereocenters. The Bertz CT molecular complexity index is 996. The molecule has 1 saturated carbocycles. The first-order chi connectivity index (χ1) is 11.3. The molecule has 1 heteroatoms. The molecule has 0 spiro atoms. The van der Waals surface area contributed by atoms with E-state index in [9.17, 15) is 0 Å². The Morgan fingerprint density at radius 3 is 2.39 bits per heavy atom. The van der Waals surface area contributed by atoms with Crippen molar-refractivity contribution in [2.24, 2.45) is 13.0 Å². The van der Waals surface area contributed by atoms with E-state index in [1.165, 1.54) is 57.2 Å². The van der Waals surface area contributed by atoms with Crippen LogP contribution < -0.4 is 0 Å². The summed E-state index contributed by atoms with van der Waals surface area (Å²) in [5.74, 6) is 0.712. The summed E-state index contributed by atoms with van der Waals surface area (Å²) < 4.78 is 2.23. The highest BCUT2D eigenvalue weighted by molar-refractivity contribution is 6.24. The summed E-state index contributed by atoms with van der Waals surface area (Å²) in [4.78, 5) is 0. The second kappa shape index (κ2) is 4.48. The number of fused-ring (bicyclic) bond motifs is 2. The van der Waals surface area contributed by atoms with E-state index in [-0.39, 0.29) is 0 Å². The highest BCUT2D eigenvalue weighted by Gasteiger charge is 2.36. The van der Waals surface area contributed by atoms with Gasteiger partial charge in [-0.2, -0.15) is 0 Å². The van der Waals surface area contributed by atoms with E-state index in [0.717, 1.165) is 0 Å². The molecule has 0 N–H and O–H groups in total. The fraction of sp³-hybridized carbons (Fsp3) is 0.182. The number of nitrogens with zero attached hydrogens (tertiary/aromatic N) is 1. The van der Waals surface area contributed by atoms with E-state index in [1.54, 1.807) is 0 Å². The topological polar surface area (TPSA) is 4.93 Å². The Labute approximate surface area is 136 Å². The molecule has 0 bridgehead atoms. The Kier molecular flexibility index (Phi) is 2.52. The highest BCUT2D eigenvalue weighted by atomic mass is 14.9. The summed E-state index contributed by atoms with van der Waals surface area (Å²) >= 11 is 0. The molecule has 0 amide bonds. The van der Waals surface area contributed by atoms with Crippen molar-refractivity contribution >= 4 is 27.6 Å². The van der Waals surface area contributed by atoms with E-state index < -0.39 is 0 Å². The molecule has 0 aliphatic heterocycles. The summed E-state index contributed by atoms with van der Waals surface area (Å²) in [5.41, 5.74) is 9.45. The summed E-state index contributed by atoms with van der Waals surface area (Å²) in [7, 11) is 2.13. The van der Waals surface area contributed by atoms with Crippen molar-refractivity contribution in [3.8, 4) is 0 Å². The Morgan fingerprint density at radius 2 is 1.61 bits per heavy atom. The lowest BCUT2D eigenvalue weighted by molar-refractivity contribution is 0.967. The number of hydrogen-bond donors (Lipinski definition) is 0. The van der Waals surface area contributed by atoms with E-state index in [0.29, 0.717) is 5.92 Å². The predicted octanol–water partition coefficient (Wildman–Crippen LogP) is 5.53. The predicted molar refractivity (Wildman–Crippen MR) is 97.9 cm³/mol. The van der Waals surface area contributed by atoms with Gasteiger partial charge in [-0.3, -0.25) is 0 Å². The van der Waals surface area contributed by atoms with Crippen LogP contribution in [0.3, 0.4) is 0 Å². The molecule has 1 heterocycles. The fourth-order valence-corrected chi connectivity index (χ4v) is 4.06. The number of para-hydroxylation sites is 1. The average molecular weight is 297 g/mol. The van der Waals surface area contributed by atoms with Crippen LogP contribution in [0.15, 0.2) is 61.3 Å². The largest absolute Gasteiger partial charge is 0.350 e. The van der Waals surface area contributed by atoms with Crippen LogP contribution in [0.25, 0.3) is 27.6 Å². The first-order valence-electron chi connectivity index (χ1n) is 8.33. The van der Waals surface area contributed by atoms with Crippen LogP contribution in [0, 0.1) is 5.92 Å². The van der Waals surface area contributed by atoms with Gasteiger partial charge in [-0.05, 0) is 52.7 Å². The van der Waals surface area contributed by atoms with Gasteiger partial charge in [0.2, 0.25) is 0 Å². The number of allylic oxidation sites excluding steroid dienone is 3. The van der Waals surface area contributed by atoms with E-state index in [4.69, 9.17) is 0 Å². The zero-order valence-electron chi connectivity index (χ0n) is 13.3. The first kappa shape index (κ1) is 13.0. The van der Waals surface area contributed by atoms with Crippen LogP contribution in [0.4, 0.5) is 0 Å². The average Bonchev–Trinajstić information content (AvgIpc) is 3.31. The molecule has 0 saturated heterocycles. The number of hydrogen-bond acceptors (Lipinski definition) is 0. The van der Waals surface area contributed by atoms with Gasteiger partial charge >= 0.3 is 0 Å². The third-order valence-corrected chi connectivity index (χ3v) is 5.27. The van der Waals surface area contributed by atoms with Crippen molar-refractivity contribution in [2.45, 2.75) is 12.8 Å². The minimum absolute atomic E-state index is 0.712. The van der Waals surface area contributed by atoms with Crippen molar-refractivity contribution in [3.05, 3.63) is 78.0 Å². The Morgan fingerprint density at radius 1 is 0.913 bits per heavy atom. The summed E-state index contributed by atoms with van der Waals surface area (Å²) in [6.07, 6.45) is 4.90. The number of rotatable bonds is 2. The van der Waals surface area contributed by atoms with Crippen molar-refractivity contribution in [2.75, 3.05) is 0 Å². The number of benzene rings is 2. The molecule has 23 heavy (non-hydrogen) atoms. The normalized spacial score (nSPS) is 17.2. The van der Waals surface area contributed by atoms with Gasteiger partial charge in [0.1, 0.15) is 0 Å². The van der Waals surface area contributed by atoms with Crippen LogP contribution >= 0.6 is 0 Å². The Balaban J connectivity index is 1.84. The van der Waals surface area contributed by atoms with Gasteiger partial charge in [-0.1, -0.05) is 49.0 Å². The molecule has 1 fully saturated rings. The molecule has 1 nitrogen and oxygen atoms in total. The lowest BCUT2D eigenvalue weighted by atomic mass is 9.95. The van der Waals surface area contributed by atoms with Crippen LogP contribution in [0.1, 0.15) is 29.5 Å². The maximum Gasteiger partial charge on any atom is 0.0484 e. The van der Waals surface area contributed by atoms with Gasteiger partial charge in [0.25, 0.3) is 0 Å². The van der Waals surface area contributed by atoms with Crippen molar-refractivity contribution < 1.29 is 0 Å². The van der Waals surface area contributed by atoms with E-state index in [2.05, 4.69) is 72.9 Å². The number of aryl methyl sites for hydroxylation is 1. The SMILES string of the molecule is C=C1C(c2cn(C)c3ccccc23)=C(C2CC2)c2ccccc21. The quantitative estimate of drug-likeness (QED) is 0.586. The molecule has 3 aromatic rings. The van der Waals surface area contributed by atoms with Gasteiger partial charge in [-0.15, -0.1) is 0 Å². The molecule has 0 atom stereocenters. The third-order valence-electron chi connectivity index (χ3n) is 5.27. The molecular formula is C22H19N. The van der Waals surface area contributed by atoms with E-state index >= 15 is 0 Å². The maximum absolute atomic E-state index is 4.46. The second-order valence-electron chi connectivity index (χ2n) is 6.76. The van der Waals surface area contributed by atoms with Crippen LogP contribution in [0.5, 0.6) is 0 Å². The molecule has 0 radical (unpaired) electrons. The molecule has 1 aromatic heterocycles. The number of aromatic nitrogens is 1. The highest BCUT2D eigenvalue weighted by Crippen LogP contribution is 2.55. The summed E-state index contributed by atoms with van der Waals surface area (Å²) in [6, 6.07) is 17.4. The zero-order valence-corrected chi connectivity index (χ0v) is 13.3. The van der Waals surface area contributed by atoms with Gasteiger partial charge in [0.15, 0.2) is 0 Å². The van der Waals surface area contributed by atoms with Crippen LogP contribution in [0.2, 0.25) is 0 Å². The summed E-state index contributed by atoms with van der Waals surface area (Å²) in [5, 5.41) is 1.33. The zero-order chi connectivity index (χ0) is 15.6. The van der Waals surface area contributed by atoms with Crippen molar-refractivity contribution in [3.63, 3.8) is 0 Å². The minimum atomic E-state index is 0.712. The monoisotopic (exact) mass is 297 g/mol. The molecular weight excluding hydrogens is 278 g/mol. The van der Waals surface area contributed by atoms with Crippen molar-refractivity contribution in [1.29, 1.82) is 0 Å². The van der Waals surface area contributed by atoms with Gasteiger partial charge < -0.3 is 4.57 Å². The van der Waals surface area contributed by atoms with Gasteiger partial charge in [-0.25, -0.2) is 0 Å². The molecule has 2 aromatic carbocycles. The van der Waals surface area contributed by atoms with E-state index in [1.807, 2.05) is 0 Å². The third kappa shape index (κ3) is 1.74. The maximum atomic E-state index is 4.46. The lowest BCUT2D eigenvalue weighted by Gasteiger charge is -2.07. The van der Waals surface area contributed by atoms with Gasteiger partial charge in [0, 0.05) is 29.7 Å². The standard InChI is InChI=1S/C22H19N/c1-14-16-7-3-4-9-18(16)22(15-11-12-15)21(14)19-13-23(2)20-10-6-5-8-17(19)20/h3-10,13,15H,1,11-12H2,2H3.